The van der Waals surface area contributed by atoms with Crippen molar-refractivity contribution in [2.75, 3.05) is 6.79 Å². The molecular weight excluding hydrogens is 356 g/mol. The summed E-state index contributed by atoms with van der Waals surface area (Å²) in [6, 6.07) is 3.95. The molecule has 1 N–H and O–H groups in total. The van der Waals surface area contributed by atoms with Gasteiger partial charge in [-0.1, -0.05) is 15.9 Å². The monoisotopic (exact) mass is 366 g/mol. The molecule has 0 atom stereocenters. The number of fused-ring (bicyclic) bond motifs is 1. The number of thiocarbonyl (C=S) groups is 1. The van der Waals surface area contributed by atoms with Crippen LogP contribution in [0.4, 0.5) is 0 Å². The molecule has 5 nitrogen and oxygen atoms in total. The van der Waals surface area contributed by atoms with Crippen LogP contribution >= 0.6 is 28.1 Å². The van der Waals surface area contributed by atoms with Crippen LogP contribution in [0.3, 0.4) is 0 Å². The molecule has 1 aliphatic carbocycles. The van der Waals surface area contributed by atoms with Crippen LogP contribution in [0.25, 0.3) is 6.08 Å². The molecule has 0 unspecified atom stereocenters. The average Bonchev–Trinajstić information content (AvgIpc) is 3.10. The molecule has 1 saturated carbocycles. The van der Waals surface area contributed by atoms with E-state index in [-0.39, 0.29) is 18.7 Å². The number of nitrogens with zero attached hydrogens (tertiary/aromatic N) is 1. The fourth-order valence-electron chi connectivity index (χ4n) is 2.41. The molecule has 0 bridgehead atoms. The molecule has 0 radical (unpaired) electrons. The van der Waals surface area contributed by atoms with Crippen molar-refractivity contribution < 1.29 is 14.3 Å². The van der Waals surface area contributed by atoms with Crippen LogP contribution < -0.4 is 14.8 Å². The maximum atomic E-state index is 12.4. The first-order valence-corrected chi connectivity index (χ1v) is 7.79. The molecule has 1 amide bonds. The number of nitrogens with one attached hydrogen (secondary N) is 1. The summed E-state index contributed by atoms with van der Waals surface area (Å²) in [6.45, 7) is 0.221. The maximum Gasteiger partial charge on any atom is 0.276 e. The Morgan fingerprint density at radius 1 is 1.33 bits per heavy atom. The minimum Gasteiger partial charge on any atom is -0.454 e. The lowest BCUT2D eigenvalue weighted by atomic mass is 10.1. The number of benzene rings is 1. The van der Waals surface area contributed by atoms with Gasteiger partial charge < -0.3 is 14.8 Å². The van der Waals surface area contributed by atoms with Gasteiger partial charge in [-0.25, -0.2) is 0 Å². The predicted octanol–water partition coefficient (Wildman–Crippen LogP) is 2.40. The smallest absolute Gasteiger partial charge is 0.276 e. The Morgan fingerprint density at radius 2 is 2.05 bits per heavy atom. The van der Waals surface area contributed by atoms with Crippen molar-refractivity contribution in [2.45, 2.75) is 18.9 Å². The number of carbonyl (C=O) groups excluding carboxylic acids is 1. The quantitative estimate of drug-likeness (QED) is 0.643. The third kappa shape index (κ3) is 2.20. The summed E-state index contributed by atoms with van der Waals surface area (Å²) in [5.41, 5.74) is 1.34. The fraction of sp³-hybridized carbons (Fsp3) is 0.286. The van der Waals surface area contributed by atoms with Crippen molar-refractivity contribution >= 4 is 45.2 Å². The highest BCUT2D eigenvalue weighted by atomic mass is 79.9. The molecule has 1 aromatic carbocycles. The Labute approximate surface area is 135 Å². The lowest BCUT2D eigenvalue weighted by Crippen LogP contribution is -2.32. The summed E-state index contributed by atoms with van der Waals surface area (Å²) in [5.74, 6) is 1.31. The highest BCUT2D eigenvalue weighted by Crippen LogP contribution is 2.38. The highest BCUT2D eigenvalue weighted by molar-refractivity contribution is 9.10. The van der Waals surface area contributed by atoms with E-state index in [0.717, 1.165) is 22.9 Å². The van der Waals surface area contributed by atoms with Gasteiger partial charge in [0.1, 0.15) is 5.70 Å². The van der Waals surface area contributed by atoms with E-state index in [4.69, 9.17) is 21.7 Å². The fourth-order valence-corrected chi connectivity index (χ4v) is 3.19. The van der Waals surface area contributed by atoms with Gasteiger partial charge in [0.25, 0.3) is 5.91 Å². The van der Waals surface area contributed by atoms with Crippen molar-refractivity contribution in [1.29, 1.82) is 0 Å². The van der Waals surface area contributed by atoms with Gasteiger partial charge >= 0.3 is 0 Å². The summed E-state index contributed by atoms with van der Waals surface area (Å²) in [7, 11) is 0. The van der Waals surface area contributed by atoms with Gasteiger partial charge in [0.2, 0.25) is 6.79 Å². The van der Waals surface area contributed by atoms with E-state index in [1.54, 1.807) is 11.0 Å². The van der Waals surface area contributed by atoms with Crippen molar-refractivity contribution in [2.24, 2.45) is 0 Å². The molecule has 7 heteroatoms. The van der Waals surface area contributed by atoms with Gasteiger partial charge in [-0.05, 0) is 48.8 Å². The predicted molar refractivity (Wildman–Crippen MR) is 83.8 cm³/mol. The molecule has 0 aromatic heterocycles. The van der Waals surface area contributed by atoms with Gasteiger partial charge in [0, 0.05) is 10.5 Å². The molecule has 0 spiro atoms. The molecule has 1 aromatic rings. The van der Waals surface area contributed by atoms with E-state index < -0.39 is 0 Å². The zero-order chi connectivity index (χ0) is 14.6. The van der Waals surface area contributed by atoms with E-state index >= 15 is 0 Å². The number of hydrogen-bond donors (Lipinski definition) is 1. The molecule has 2 aliphatic heterocycles. The molecule has 2 fully saturated rings. The van der Waals surface area contributed by atoms with Crippen LogP contribution in [-0.4, -0.2) is 28.8 Å². The number of carbonyl (C=O) groups is 1. The minimum atomic E-state index is -0.0629. The first-order valence-electron chi connectivity index (χ1n) is 6.59. The second-order valence-electron chi connectivity index (χ2n) is 5.12. The van der Waals surface area contributed by atoms with Gasteiger partial charge in [0.15, 0.2) is 16.6 Å². The Kier molecular flexibility index (Phi) is 2.93. The summed E-state index contributed by atoms with van der Waals surface area (Å²) < 4.78 is 11.5. The van der Waals surface area contributed by atoms with Crippen molar-refractivity contribution in [3.05, 3.63) is 27.9 Å². The summed E-state index contributed by atoms with van der Waals surface area (Å²) in [5, 5.41) is 3.49. The average molecular weight is 367 g/mol. The largest absolute Gasteiger partial charge is 0.454 e. The zero-order valence-electron chi connectivity index (χ0n) is 10.9. The van der Waals surface area contributed by atoms with Crippen molar-refractivity contribution in [3.8, 4) is 11.5 Å². The number of amides is 1. The van der Waals surface area contributed by atoms with Gasteiger partial charge in [-0.3, -0.25) is 9.69 Å². The topological polar surface area (TPSA) is 50.8 Å². The Hall–Kier alpha value is -1.60. The van der Waals surface area contributed by atoms with E-state index in [1.807, 2.05) is 12.1 Å². The van der Waals surface area contributed by atoms with Crippen LogP contribution in [-0.2, 0) is 4.79 Å². The van der Waals surface area contributed by atoms with Crippen LogP contribution in [0.2, 0.25) is 0 Å². The molecule has 4 rings (SSSR count). The second kappa shape index (κ2) is 4.71. The van der Waals surface area contributed by atoms with Crippen molar-refractivity contribution in [3.63, 3.8) is 0 Å². The SMILES string of the molecule is O=C1/C(=C/c2cc3c(cc2Br)OCO3)NC(=S)N1C1CC1. The van der Waals surface area contributed by atoms with E-state index in [0.29, 0.717) is 22.3 Å². The molecule has 2 heterocycles. The van der Waals surface area contributed by atoms with Crippen LogP contribution in [0, 0.1) is 0 Å². The summed E-state index contributed by atoms with van der Waals surface area (Å²) >= 11 is 8.72. The Bertz CT molecular complexity index is 700. The van der Waals surface area contributed by atoms with Crippen LogP contribution in [0.1, 0.15) is 18.4 Å². The number of rotatable bonds is 2. The lowest BCUT2D eigenvalue weighted by Gasteiger charge is -2.11. The number of ether oxygens (including phenoxy) is 2. The minimum absolute atomic E-state index is 0.0629. The highest BCUT2D eigenvalue weighted by Gasteiger charge is 2.41. The Balaban J connectivity index is 1.69. The maximum absolute atomic E-state index is 12.4. The molecule has 21 heavy (non-hydrogen) atoms. The molecule has 108 valence electrons. The third-order valence-corrected chi connectivity index (χ3v) is 4.60. The molecule has 1 saturated heterocycles. The van der Waals surface area contributed by atoms with Gasteiger partial charge in [-0.15, -0.1) is 0 Å². The normalized spacial score (nSPS) is 22.1. The third-order valence-electron chi connectivity index (χ3n) is 3.61. The molecule has 3 aliphatic rings. The van der Waals surface area contributed by atoms with Gasteiger partial charge in [0.05, 0.1) is 0 Å². The first-order chi connectivity index (χ1) is 10.1. The number of hydrogen-bond acceptors (Lipinski definition) is 4. The lowest BCUT2D eigenvalue weighted by molar-refractivity contribution is -0.122. The molecular formula is C14H11BrN2O3S. The van der Waals surface area contributed by atoms with Crippen molar-refractivity contribution in [1.82, 2.24) is 10.2 Å². The Morgan fingerprint density at radius 3 is 2.76 bits per heavy atom. The van der Waals surface area contributed by atoms with Crippen LogP contribution in [0.15, 0.2) is 22.3 Å². The van der Waals surface area contributed by atoms with Crippen LogP contribution in [0.5, 0.6) is 11.5 Å². The second-order valence-corrected chi connectivity index (χ2v) is 6.36. The van der Waals surface area contributed by atoms with E-state index in [9.17, 15) is 4.79 Å². The number of halogens is 1. The van der Waals surface area contributed by atoms with Gasteiger partial charge in [-0.2, -0.15) is 0 Å². The summed E-state index contributed by atoms with van der Waals surface area (Å²) in [6.07, 6.45) is 3.83. The summed E-state index contributed by atoms with van der Waals surface area (Å²) in [4.78, 5) is 14.1. The van der Waals surface area contributed by atoms with E-state index in [2.05, 4.69) is 21.2 Å². The zero-order valence-corrected chi connectivity index (χ0v) is 13.3. The standard InChI is InChI=1S/C14H11BrN2O3S/c15-9-5-12-11(19-6-20-12)4-7(9)3-10-13(18)17(8-1-2-8)14(21)16-10/h3-5,8H,1-2,6H2,(H,16,21)/b10-3-. The first kappa shape index (κ1) is 13.1. The van der Waals surface area contributed by atoms with E-state index in [1.165, 1.54) is 0 Å².